The van der Waals surface area contributed by atoms with E-state index in [9.17, 15) is 4.79 Å². The van der Waals surface area contributed by atoms with E-state index in [0.717, 1.165) is 22.6 Å². The molecule has 0 aliphatic heterocycles. The smallest absolute Gasteiger partial charge is 0.231 e. The number of para-hydroxylation sites is 2. The van der Waals surface area contributed by atoms with Gasteiger partial charge in [0.25, 0.3) is 0 Å². The minimum absolute atomic E-state index is 0.0827. The molecule has 7 heteroatoms. The Bertz CT molecular complexity index is 870. The van der Waals surface area contributed by atoms with Gasteiger partial charge in [-0.3, -0.25) is 9.20 Å². The van der Waals surface area contributed by atoms with Crippen molar-refractivity contribution >= 4 is 34.5 Å². The summed E-state index contributed by atoms with van der Waals surface area (Å²) in [5.41, 5.74) is 1.93. The van der Waals surface area contributed by atoms with Crippen LogP contribution in [-0.4, -0.2) is 37.3 Å². The van der Waals surface area contributed by atoms with Gasteiger partial charge in [0.2, 0.25) is 11.7 Å². The molecule has 3 aromatic rings. The normalized spacial score (nSPS) is 21.4. The van der Waals surface area contributed by atoms with Crippen LogP contribution in [0.3, 0.4) is 0 Å². The van der Waals surface area contributed by atoms with Gasteiger partial charge in [-0.15, -0.1) is 5.10 Å². The van der Waals surface area contributed by atoms with Crippen molar-refractivity contribution in [1.82, 2.24) is 24.9 Å². The fourth-order valence-corrected chi connectivity index (χ4v) is 4.22. The van der Waals surface area contributed by atoms with Crippen molar-refractivity contribution in [3.05, 3.63) is 24.3 Å². The fraction of sp³-hybridized carbons (Fsp3) is 0.471. The molecule has 0 radical (unpaired) electrons. The number of carbonyl (C=O) groups is 1. The van der Waals surface area contributed by atoms with Gasteiger partial charge >= 0.3 is 0 Å². The van der Waals surface area contributed by atoms with Crippen LogP contribution in [0.4, 0.5) is 0 Å². The van der Waals surface area contributed by atoms with Crippen LogP contribution in [0.15, 0.2) is 29.4 Å². The van der Waals surface area contributed by atoms with Crippen LogP contribution in [0.25, 0.3) is 16.8 Å². The van der Waals surface area contributed by atoms with E-state index in [4.69, 9.17) is 0 Å². The number of fused-ring (bicyclic) bond motifs is 3. The number of aromatic amines is 1. The highest BCUT2D eigenvalue weighted by atomic mass is 32.2. The van der Waals surface area contributed by atoms with Gasteiger partial charge in [0.15, 0.2) is 5.16 Å². The Morgan fingerprint density at radius 3 is 3.08 bits per heavy atom. The number of amides is 1. The summed E-state index contributed by atoms with van der Waals surface area (Å²) in [5.74, 6) is 1.73. The summed E-state index contributed by atoms with van der Waals surface area (Å²) >= 11 is 1.44. The maximum atomic E-state index is 12.3. The van der Waals surface area contributed by atoms with Gasteiger partial charge in [0.05, 0.1) is 16.8 Å². The minimum Gasteiger partial charge on any atom is -0.352 e. The van der Waals surface area contributed by atoms with Crippen LogP contribution in [0.5, 0.6) is 0 Å². The molecule has 1 saturated carbocycles. The van der Waals surface area contributed by atoms with Crippen molar-refractivity contribution in [1.29, 1.82) is 0 Å². The molecular formula is C17H21N5OS. The predicted octanol–water partition coefficient (Wildman–Crippen LogP) is 3.00. The van der Waals surface area contributed by atoms with Gasteiger partial charge in [-0.1, -0.05) is 43.7 Å². The third kappa shape index (κ3) is 2.88. The van der Waals surface area contributed by atoms with E-state index in [1.54, 1.807) is 0 Å². The quantitative estimate of drug-likeness (QED) is 0.714. The summed E-state index contributed by atoms with van der Waals surface area (Å²) in [6, 6.07) is 8.25. The Hall–Kier alpha value is -2.02. The molecular weight excluding hydrogens is 322 g/mol. The zero-order chi connectivity index (χ0) is 16.5. The molecule has 2 heterocycles. The highest BCUT2D eigenvalue weighted by molar-refractivity contribution is 7.99. The van der Waals surface area contributed by atoms with E-state index in [1.807, 2.05) is 28.7 Å². The van der Waals surface area contributed by atoms with E-state index in [1.165, 1.54) is 31.0 Å². The standard InChI is InChI=1S/C17H21N5OS/c1-11-6-2-3-7-12(11)18-15(23)10-24-17-21-20-16-19-13-8-4-5-9-14(13)22(16)17/h4-5,8-9,11-12H,2-3,6-7,10H2,1H3,(H,18,23)(H,19,20)/t11-,12-/m1/s1. The highest BCUT2D eigenvalue weighted by Gasteiger charge is 2.23. The summed E-state index contributed by atoms with van der Waals surface area (Å²) in [7, 11) is 0. The van der Waals surface area contributed by atoms with Crippen molar-refractivity contribution in [2.45, 2.75) is 43.8 Å². The summed E-state index contributed by atoms with van der Waals surface area (Å²) < 4.78 is 1.97. The first-order chi connectivity index (χ1) is 11.7. The molecule has 0 bridgehead atoms. The summed E-state index contributed by atoms with van der Waals surface area (Å²) in [5, 5.41) is 11.2. The van der Waals surface area contributed by atoms with E-state index in [2.05, 4.69) is 27.4 Å². The van der Waals surface area contributed by atoms with Gasteiger partial charge in [-0.2, -0.15) is 0 Å². The van der Waals surface area contributed by atoms with Gasteiger partial charge in [-0.25, -0.2) is 10.1 Å². The Labute approximate surface area is 144 Å². The lowest BCUT2D eigenvalue weighted by Crippen LogP contribution is -2.41. The lowest BCUT2D eigenvalue weighted by molar-refractivity contribution is -0.119. The number of nitrogens with one attached hydrogen (secondary N) is 2. The number of nitrogens with zero attached hydrogens (tertiary/aromatic N) is 3. The van der Waals surface area contributed by atoms with Crippen molar-refractivity contribution in [3.63, 3.8) is 0 Å². The third-order valence-corrected chi connectivity index (χ3v) is 5.73. The first kappa shape index (κ1) is 15.5. The van der Waals surface area contributed by atoms with Crippen LogP contribution >= 0.6 is 11.8 Å². The number of aromatic nitrogens is 4. The summed E-state index contributed by atoms with van der Waals surface area (Å²) in [4.78, 5) is 16.8. The lowest BCUT2D eigenvalue weighted by Gasteiger charge is -2.29. The molecule has 0 saturated heterocycles. The zero-order valence-corrected chi connectivity index (χ0v) is 14.5. The monoisotopic (exact) mass is 343 g/mol. The molecule has 1 amide bonds. The number of benzene rings is 1. The predicted molar refractivity (Wildman–Crippen MR) is 95.1 cm³/mol. The summed E-state index contributed by atoms with van der Waals surface area (Å²) in [6.07, 6.45) is 4.79. The van der Waals surface area contributed by atoms with Crippen molar-refractivity contribution < 1.29 is 4.79 Å². The fourth-order valence-electron chi connectivity index (χ4n) is 3.45. The average molecular weight is 343 g/mol. The molecule has 1 aromatic carbocycles. The number of hydrogen-bond donors (Lipinski definition) is 2. The Balaban J connectivity index is 1.45. The zero-order valence-electron chi connectivity index (χ0n) is 13.7. The Kier molecular flexibility index (Phi) is 4.18. The van der Waals surface area contributed by atoms with Crippen LogP contribution in [0.2, 0.25) is 0 Å². The second-order valence-corrected chi connectivity index (χ2v) is 7.43. The van der Waals surface area contributed by atoms with E-state index >= 15 is 0 Å². The molecule has 1 fully saturated rings. The second kappa shape index (κ2) is 6.47. The SMILES string of the molecule is C[C@@H]1CCCC[C@H]1NC(=O)CSc1n[nH]c2nc3ccccc3n12. The molecule has 1 aliphatic carbocycles. The molecule has 0 spiro atoms. The van der Waals surface area contributed by atoms with Gasteiger partial charge in [0, 0.05) is 6.04 Å². The van der Waals surface area contributed by atoms with Gasteiger partial charge < -0.3 is 5.32 Å². The van der Waals surface area contributed by atoms with Crippen molar-refractivity contribution in [3.8, 4) is 0 Å². The topological polar surface area (TPSA) is 75.1 Å². The number of carbonyl (C=O) groups excluding carboxylic acids is 1. The number of hydrogen-bond acceptors (Lipinski definition) is 4. The van der Waals surface area contributed by atoms with Crippen molar-refractivity contribution in [2.75, 3.05) is 5.75 Å². The lowest BCUT2D eigenvalue weighted by atomic mass is 9.86. The van der Waals surface area contributed by atoms with Crippen molar-refractivity contribution in [2.24, 2.45) is 5.92 Å². The molecule has 24 heavy (non-hydrogen) atoms. The number of H-pyrrole nitrogens is 1. The molecule has 6 nitrogen and oxygen atoms in total. The molecule has 2 aromatic heterocycles. The average Bonchev–Trinajstić information content (AvgIpc) is 3.14. The maximum absolute atomic E-state index is 12.3. The molecule has 4 rings (SSSR count). The largest absolute Gasteiger partial charge is 0.352 e. The van der Waals surface area contributed by atoms with Crippen LogP contribution in [0.1, 0.15) is 32.6 Å². The number of imidazole rings is 1. The van der Waals surface area contributed by atoms with E-state index in [0.29, 0.717) is 23.5 Å². The van der Waals surface area contributed by atoms with E-state index in [-0.39, 0.29) is 5.91 Å². The van der Waals surface area contributed by atoms with Gasteiger partial charge in [0.1, 0.15) is 0 Å². The molecule has 126 valence electrons. The van der Waals surface area contributed by atoms with Crippen LogP contribution in [0, 0.1) is 5.92 Å². The number of rotatable bonds is 4. The molecule has 2 atom stereocenters. The van der Waals surface area contributed by atoms with Crippen LogP contribution < -0.4 is 5.32 Å². The highest BCUT2D eigenvalue weighted by Crippen LogP contribution is 2.25. The Morgan fingerprint density at radius 2 is 2.21 bits per heavy atom. The Morgan fingerprint density at radius 1 is 1.38 bits per heavy atom. The molecule has 0 unspecified atom stereocenters. The van der Waals surface area contributed by atoms with E-state index < -0.39 is 0 Å². The number of thioether (sulfide) groups is 1. The van der Waals surface area contributed by atoms with Crippen LogP contribution in [-0.2, 0) is 4.79 Å². The first-order valence-corrected chi connectivity index (χ1v) is 9.44. The van der Waals surface area contributed by atoms with Gasteiger partial charge in [-0.05, 0) is 30.9 Å². The molecule has 2 N–H and O–H groups in total. The third-order valence-electron chi connectivity index (χ3n) is 4.79. The minimum atomic E-state index is 0.0827. The second-order valence-electron chi connectivity index (χ2n) is 6.49. The first-order valence-electron chi connectivity index (χ1n) is 8.46. The summed E-state index contributed by atoms with van der Waals surface area (Å²) in [6.45, 7) is 2.23. The molecule has 1 aliphatic rings. The maximum Gasteiger partial charge on any atom is 0.231 e.